The highest BCUT2D eigenvalue weighted by Gasteiger charge is 2.34. The summed E-state index contributed by atoms with van der Waals surface area (Å²) < 4.78 is 21.9. The molecule has 2 saturated heterocycles. The molecule has 12 heteroatoms. The monoisotopic (exact) mass is 460 g/mol. The molecule has 2 unspecified atom stereocenters. The van der Waals surface area contributed by atoms with Gasteiger partial charge in [0, 0.05) is 19.5 Å². The number of rotatable bonds is 6. The molecule has 0 aliphatic carbocycles. The largest absolute Gasteiger partial charge is 0.476 e. The molecule has 2 aliphatic rings. The Bertz CT molecular complexity index is 1080. The molecule has 0 radical (unpaired) electrons. The second kappa shape index (κ2) is 9.04. The topological polar surface area (TPSA) is 130 Å². The molecular weight excluding hydrogens is 435 g/mol. The smallest absolute Gasteiger partial charge is 0.414 e. The maximum atomic E-state index is 15.1. The summed E-state index contributed by atoms with van der Waals surface area (Å²) in [5.74, 6) is -1.80. The predicted octanol–water partition coefficient (Wildman–Crippen LogP) is 1.81. The van der Waals surface area contributed by atoms with Gasteiger partial charge in [-0.3, -0.25) is 9.69 Å². The predicted molar refractivity (Wildman–Crippen MR) is 115 cm³/mol. The number of cyclic esters (lactones) is 1. The number of aromatic carboxylic acids is 1. The molecule has 0 saturated carbocycles. The van der Waals surface area contributed by atoms with Crippen molar-refractivity contribution in [3.8, 4) is 0 Å². The molecule has 1 aromatic heterocycles. The number of hydrogen-bond donors (Lipinski definition) is 2. The zero-order valence-corrected chi connectivity index (χ0v) is 18.3. The average Bonchev–Trinajstić information content (AvgIpc) is 3.40. The first-order valence-corrected chi connectivity index (χ1v) is 10.7. The van der Waals surface area contributed by atoms with Crippen molar-refractivity contribution in [2.75, 3.05) is 29.4 Å². The summed E-state index contributed by atoms with van der Waals surface area (Å²) in [6.07, 6.45) is 1.63. The van der Waals surface area contributed by atoms with Gasteiger partial charge in [-0.15, -0.1) is 5.10 Å². The van der Waals surface area contributed by atoms with Gasteiger partial charge in [0.25, 0.3) is 0 Å². The van der Waals surface area contributed by atoms with Gasteiger partial charge in [-0.2, -0.15) is 0 Å². The van der Waals surface area contributed by atoms with Gasteiger partial charge in [-0.25, -0.2) is 18.7 Å². The van der Waals surface area contributed by atoms with E-state index in [2.05, 4.69) is 15.6 Å². The van der Waals surface area contributed by atoms with Crippen LogP contribution in [0.15, 0.2) is 24.4 Å². The Labute approximate surface area is 189 Å². The lowest BCUT2D eigenvalue weighted by atomic mass is 9.97. The fourth-order valence-electron chi connectivity index (χ4n) is 4.29. The third-order valence-electron chi connectivity index (χ3n) is 5.96. The zero-order chi connectivity index (χ0) is 23.7. The van der Waals surface area contributed by atoms with Crippen molar-refractivity contribution >= 4 is 29.3 Å². The molecule has 1 aromatic carbocycles. The van der Waals surface area contributed by atoms with Crippen molar-refractivity contribution < 1.29 is 28.6 Å². The van der Waals surface area contributed by atoms with Crippen LogP contribution < -0.4 is 15.1 Å². The second-order valence-corrected chi connectivity index (χ2v) is 8.30. The highest BCUT2D eigenvalue weighted by Crippen LogP contribution is 2.34. The van der Waals surface area contributed by atoms with Gasteiger partial charge in [-0.05, 0) is 38.0 Å². The van der Waals surface area contributed by atoms with Crippen molar-refractivity contribution in [3.63, 3.8) is 0 Å². The maximum absolute atomic E-state index is 15.1. The first kappa shape index (κ1) is 22.5. The number of carboxylic acids is 1. The number of carbonyl (C=O) groups is 3. The van der Waals surface area contributed by atoms with Crippen LogP contribution in [-0.4, -0.2) is 69.9 Å². The van der Waals surface area contributed by atoms with Crippen LogP contribution in [0.1, 0.15) is 43.2 Å². The lowest BCUT2D eigenvalue weighted by molar-refractivity contribution is -0.119. The number of halogens is 1. The quantitative estimate of drug-likeness (QED) is 0.668. The van der Waals surface area contributed by atoms with Crippen molar-refractivity contribution in [2.45, 2.75) is 44.9 Å². The summed E-state index contributed by atoms with van der Waals surface area (Å²) in [5.41, 5.74) is 0.710. The molecule has 2 amide bonds. The summed E-state index contributed by atoms with van der Waals surface area (Å²) in [6, 6.07) is 4.58. The molecule has 2 aromatic rings. The van der Waals surface area contributed by atoms with Crippen LogP contribution in [0.4, 0.5) is 20.6 Å². The number of amides is 2. The molecule has 0 spiro atoms. The number of carbonyl (C=O) groups excluding carboxylic acids is 2. The Hall–Kier alpha value is -3.70. The van der Waals surface area contributed by atoms with E-state index in [1.165, 1.54) is 24.1 Å². The lowest BCUT2D eigenvalue weighted by Gasteiger charge is -2.39. The number of hydrogen-bond acceptors (Lipinski definition) is 7. The Balaban J connectivity index is 1.42. The standard InChI is InChI=1S/C21H25FN6O5/c1-12-7-15(28-11-18(20(30)31)24-25-28)5-6-26(12)19-4-3-14(8-17(19)22)27-10-16(33-21(27)32)9-23-13(2)29/h3-4,8,11-12,15-16H,5-7,9-10H2,1-2H3,(H,23,29)(H,30,31)/t12?,15?,16-/m0/s1. The van der Waals surface area contributed by atoms with Crippen LogP contribution in [0, 0.1) is 5.82 Å². The summed E-state index contributed by atoms with van der Waals surface area (Å²) >= 11 is 0. The van der Waals surface area contributed by atoms with Crippen LogP contribution in [0.2, 0.25) is 0 Å². The van der Waals surface area contributed by atoms with E-state index < -0.39 is 24.0 Å². The van der Waals surface area contributed by atoms with Crippen LogP contribution in [-0.2, 0) is 9.53 Å². The average molecular weight is 460 g/mol. The minimum absolute atomic E-state index is 0.0274. The number of piperidine rings is 1. The molecule has 33 heavy (non-hydrogen) atoms. The van der Waals surface area contributed by atoms with E-state index >= 15 is 4.39 Å². The van der Waals surface area contributed by atoms with Crippen LogP contribution >= 0.6 is 0 Å². The lowest BCUT2D eigenvalue weighted by Crippen LogP contribution is -2.42. The van der Waals surface area contributed by atoms with Gasteiger partial charge in [-0.1, -0.05) is 5.21 Å². The zero-order valence-electron chi connectivity index (χ0n) is 18.3. The van der Waals surface area contributed by atoms with Crippen LogP contribution in [0.25, 0.3) is 0 Å². The summed E-state index contributed by atoms with van der Waals surface area (Å²) in [7, 11) is 0. The third-order valence-corrected chi connectivity index (χ3v) is 5.96. The summed E-state index contributed by atoms with van der Waals surface area (Å²) in [6.45, 7) is 4.32. The third kappa shape index (κ3) is 4.73. The van der Waals surface area contributed by atoms with Crippen molar-refractivity contribution in [2.24, 2.45) is 0 Å². The second-order valence-electron chi connectivity index (χ2n) is 8.30. The van der Waals surface area contributed by atoms with E-state index in [4.69, 9.17) is 9.84 Å². The van der Waals surface area contributed by atoms with E-state index in [0.29, 0.717) is 30.8 Å². The number of nitrogens with one attached hydrogen (secondary N) is 1. The molecule has 3 heterocycles. The van der Waals surface area contributed by atoms with Crippen molar-refractivity contribution in [1.82, 2.24) is 20.3 Å². The molecule has 4 rings (SSSR count). The minimum atomic E-state index is -1.13. The SMILES string of the molecule is CC(=O)NC[C@H]1CN(c2ccc(N3CCC(n4cc(C(=O)O)nn4)CC3C)c(F)c2)C(=O)O1. The van der Waals surface area contributed by atoms with E-state index in [9.17, 15) is 14.4 Å². The van der Waals surface area contributed by atoms with Gasteiger partial charge >= 0.3 is 12.1 Å². The first-order valence-electron chi connectivity index (χ1n) is 10.7. The van der Waals surface area contributed by atoms with Gasteiger partial charge in [0.2, 0.25) is 5.91 Å². The van der Waals surface area contributed by atoms with E-state index in [1.54, 1.807) is 16.8 Å². The molecule has 2 fully saturated rings. The number of nitrogens with zero attached hydrogens (tertiary/aromatic N) is 5. The molecule has 176 valence electrons. The highest BCUT2D eigenvalue weighted by atomic mass is 19.1. The van der Waals surface area contributed by atoms with Crippen LogP contribution in [0.5, 0.6) is 0 Å². The van der Waals surface area contributed by atoms with Gasteiger partial charge in [0.05, 0.1) is 36.7 Å². The number of aromatic nitrogens is 3. The Kier molecular flexibility index (Phi) is 6.16. The fourth-order valence-corrected chi connectivity index (χ4v) is 4.29. The van der Waals surface area contributed by atoms with Gasteiger partial charge < -0.3 is 20.1 Å². The summed E-state index contributed by atoms with van der Waals surface area (Å²) in [5, 5.41) is 19.2. The molecule has 0 bridgehead atoms. The first-order chi connectivity index (χ1) is 15.7. The molecule has 2 aliphatic heterocycles. The fraction of sp³-hybridized carbons (Fsp3) is 0.476. The maximum Gasteiger partial charge on any atom is 0.414 e. The van der Waals surface area contributed by atoms with Gasteiger partial charge in [0.15, 0.2) is 5.69 Å². The van der Waals surface area contributed by atoms with E-state index in [1.807, 2.05) is 11.8 Å². The Morgan fingerprint density at radius 1 is 1.36 bits per heavy atom. The Morgan fingerprint density at radius 2 is 2.15 bits per heavy atom. The molecular formula is C21H25FN6O5. The number of benzene rings is 1. The highest BCUT2D eigenvalue weighted by molar-refractivity contribution is 5.90. The molecule has 2 N–H and O–H groups in total. The summed E-state index contributed by atoms with van der Waals surface area (Å²) in [4.78, 5) is 37.6. The number of ether oxygens (including phenoxy) is 1. The minimum Gasteiger partial charge on any atom is -0.476 e. The number of anilines is 2. The molecule has 11 nitrogen and oxygen atoms in total. The van der Waals surface area contributed by atoms with E-state index in [-0.39, 0.29) is 36.8 Å². The molecule has 3 atom stereocenters. The van der Waals surface area contributed by atoms with Gasteiger partial charge in [0.1, 0.15) is 11.9 Å². The van der Waals surface area contributed by atoms with Crippen molar-refractivity contribution in [1.29, 1.82) is 0 Å². The van der Waals surface area contributed by atoms with E-state index in [0.717, 1.165) is 0 Å². The van der Waals surface area contributed by atoms with Crippen molar-refractivity contribution in [3.05, 3.63) is 35.9 Å². The Morgan fingerprint density at radius 3 is 2.79 bits per heavy atom. The van der Waals surface area contributed by atoms with Crippen LogP contribution in [0.3, 0.4) is 0 Å². The normalized spacial score (nSPS) is 22.9. The number of carboxylic acid groups (broad SMARTS) is 1.